The van der Waals surface area contributed by atoms with E-state index in [4.69, 9.17) is 5.73 Å². The predicted octanol–water partition coefficient (Wildman–Crippen LogP) is 6.43. The molecule has 0 aromatic heterocycles. The van der Waals surface area contributed by atoms with Crippen LogP contribution in [0.1, 0.15) is 44.1 Å². The minimum absolute atomic E-state index is 0.836. The molecule has 0 atom stereocenters. The number of benzene rings is 4. The van der Waals surface area contributed by atoms with E-state index in [2.05, 4.69) is 54.6 Å². The predicted molar refractivity (Wildman–Crippen MR) is 111 cm³/mol. The first-order valence-electron chi connectivity index (χ1n) is 9.74. The van der Waals surface area contributed by atoms with Crippen molar-refractivity contribution in [3.05, 3.63) is 60.2 Å². The molecule has 0 aliphatic carbocycles. The Labute approximate surface area is 150 Å². The summed E-state index contributed by atoms with van der Waals surface area (Å²) in [5, 5.41) is 8.41. The van der Waals surface area contributed by atoms with E-state index in [0.29, 0.717) is 0 Å². The Morgan fingerprint density at radius 3 is 1.92 bits per heavy atom. The Balaban J connectivity index is 1.58. The fraction of sp³-hybridized carbons (Fsp3) is 0.333. The Kier molecular flexibility index (Phi) is 4.85. The van der Waals surface area contributed by atoms with Crippen molar-refractivity contribution in [1.29, 1.82) is 0 Å². The molecule has 4 aromatic carbocycles. The summed E-state index contributed by atoms with van der Waals surface area (Å²) in [5.74, 6) is 0. The zero-order valence-corrected chi connectivity index (χ0v) is 14.9. The molecule has 0 spiro atoms. The molecule has 0 saturated carbocycles. The Morgan fingerprint density at radius 2 is 1.16 bits per heavy atom. The van der Waals surface area contributed by atoms with Crippen molar-refractivity contribution in [2.75, 3.05) is 6.54 Å². The minimum atomic E-state index is 0.836. The molecule has 25 heavy (non-hydrogen) atoms. The van der Waals surface area contributed by atoms with E-state index in [-0.39, 0.29) is 0 Å². The zero-order chi connectivity index (χ0) is 17.1. The molecule has 0 fully saturated rings. The highest BCUT2D eigenvalue weighted by atomic mass is 14.5. The normalized spacial score (nSPS) is 11.9. The number of rotatable bonds is 8. The average Bonchev–Trinajstić information content (AvgIpc) is 2.66. The van der Waals surface area contributed by atoms with Crippen LogP contribution in [0, 0.1) is 0 Å². The van der Waals surface area contributed by atoms with Crippen molar-refractivity contribution >= 4 is 32.3 Å². The van der Waals surface area contributed by atoms with E-state index in [9.17, 15) is 0 Å². The van der Waals surface area contributed by atoms with Gasteiger partial charge >= 0.3 is 0 Å². The third kappa shape index (κ3) is 3.21. The summed E-state index contributed by atoms with van der Waals surface area (Å²) >= 11 is 0. The largest absolute Gasteiger partial charge is 0.330 e. The standard InChI is InChI=1S/C24H27N/c25-17-6-4-2-1-3-5-8-18-11-12-21-14-13-19-9-7-10-20-15-16-22(18)24(21)23(19)20/h7,9-16H,1-6,8,17,25H2. The summed E-state index contributed by atoms with van der Waals surface area (Å²) < 4.78 is 0. The van der Waals surface area contributed by atoms with Gasteiger partial charge in [-0.3, -0.25) is 0 Å². The fourth-order valence-electron chi connectivity index (χ4n) is 4.18. The van der Waals surface area contributed by atoms with Crippen LogP contribution in [-0.4, -0.2) is 6.54 Å². The van der Waals surface area contributed by atoms with Gasteiger partial charge in [-0.1, -0.05) is 80.3 Å². The summed E-state index contributed by atoms with van der Waals surface area (Å²) in [7, 11) is 0. The molecule has 1 nitrogen and oxygen atoms in total. The number of hydrogen-bond donors (Lipinski definition) is 1. The van der Waals surface area contributed by atoms with E-state index < -0.39 is 0 Å². The molecule has 0 unspecified atom stereocenters. The van der Waals surface area contributed by atoms with E-state index in [1.54, 1.807) is 0 Å². The lowest BCUT2D eigenvalue weighted by Crippen LogP contribution is -1.97. The quantitative estimate of drug-likeness (QED) is 0.293. The third-order valence-electron chi connectivity index (χ3n) is 5.52. The number of hydrogen-bond acceptors (Lipinski definition) is 1. The molecular formula is C24H27N. The van der Waals surface area contributed by atoms with Gasteiger partial charge < -0.3 is 5.73 Å². The first-order valence-corrected chi connectivity index (χ1v) is 9.74. The molecular weight excluding hydrogens is 302 g/mol. The van der Waals surface area contributed by atoms with Crippen molar-refractivity contribution in [1.82, 2.24) is 0 Å². The summed E-state index contributed by atoms with van der Waals surface area (Å²) in [6.45, 7) is 0.836. The molecule has 0 heterocycles. The monoisotopic (exact) mass is 329 g/mol. The van der Waals surface area contributed by atoms with Crippen LogP contribution in [0.2, 0.25) is 0 Å². The minimum Gasteiger partial charge on any atom is -0.330 e. The van der Waals surface area contributed by atoms with Crippen molar-refractivity contribution in [2.45, 2.75) is 44.9 Å². The van der Waals surface area contributed by atoms with E-state index in [1.165, 1.54) is 82.8 Å². The van der Waals surface area contributed by atoms with Gasteiger partial charge in [-0.2, -0.15) is 0 Å². The molecule has 0 aliphatic heterocycles. The molecule has 4 rings (SSSR count). The molecule has 0 amide bonds. The van der Waals surface area contributed by atoms with Gasteiger partial charge in [0.05, 0.1) is 0 Å². The maximum atomic E-state index is 5.56. The SMILES string of the molecule is NCCCCCCCCc1ccc2ccc3cccc4ccc1c2c34. The molecule has 0 aliphatic rings. The van der Waals surface area contributed by atoms with Gasteiger partial charge in [0.1, 0.15) is 0 Å². The van der Waals surface area contributed by atoms with Crippen LogP contribution < -0.4 is 5.73 Å². The van der Waals surface area contributed by atoms with Crippen LogP contribution in [0.15, 0.2) is 54.6 Å². The molecule has 4 aromatic rings. The first-order chi connectivity index (χ1) is 12.4. The second-order valence-electron chi connectivity index (χ2n) is 7.24. The van der Waals surface area contributed by atoms with Crippen LogP contribution in [0.25, 0.3) is 32.3 Å². The van der Waals surface area contributed by atoms with Crippen molar-refractivity contribution in [2.24, 2.45) is 5.73 Å². The van der Waals surface area contributed by atoms with Gasteiger partial charge in [-0.15, -0.1) is 0 Å². The van der Waals surface area contributed by atoms with Crippen LogP contribution in [-0.2, 0) is 6.42 Å². The fourth-order valence-corrected chi connectivity index (χ4v) is 4.18. The average molecular weight is 329 g/mol. The maximum Gasteiger partial charge on any atom is -0.00240 e. The highest BCUT2D eigenvalue weighted by Crippen LogP contribution is 2.36. The van der Waals surface area contributed by atoms with Gasteiger partial charge in [0.25, 0.3) is 0 Å². The van der Waals surface area contributed by atoms with Crippen molar-refractivity contribution in [3.8, 4) is 0 Å². The number of nitrogens with two attached hydrogens (primary N) is 1. The molecule has 0 radical (unpaired) electrons. The van der Waals surface area contributed by atoms with Crippen LogP contribution in [0.4, 0.5) is 0 Å². The third-order valence-corrected chi connectivity index (χ3v) is 5.52. The van der Waals surface area contributed by atoms with Gasteiger partial charge in [0.15, 0.2) is 0 Å². The lowest BCUT2D eigenvalue weighted by molar-refractivity contribution is 0.598. The molecule has 0 saturated heterocycles. The van der Waals surface area contributed by atoms with Crippen LogP contribution in [0.5, 0.6) is 0 Å². The Morgan fingerprint density at radius 1 is 0.560 bits per heavy atom. The van der Waals surface area contributed by atoms with E-state index in [0.717, 1.165) is 6.54 Å². The summed E-state index contributed by atoms with van der Waals surface area (Å²) in [6.07, 6.45) is 8.93. The lowest BCUT2D eigenvalue weighted by atomic mass is 9.90. The second kappa shape index (κ2) is 7.41. The number of aryl methyl sites for hydroxylation is 1. The number of unbranched alkanes of at least 4 members (excludes halogenated alkanes) is 5. The van der Waals surface area contributed by atoms with Crippen molar-refractivity contribution in [3.63, 3.8) is 0 Å². The van der Waals surface area contributed by atoms with E-state index >= 15 is 0 Å². The highest BCUT2D eigenvalue weighted by Gasteiger charge is 2.10. The topological polar surface area (TPSA) is 26.0 Å². The second-order valence-corrected chi connectivity index (χ2v) is 7.24. The summed E-state index contributed by atoms with van der Waals surface area (Å²) in [6, 6.07) is 20.4. The van der Waals surface area contributed by atoms with Crippen LogP contribution in [0.3, 0.4) is 0 Å². The van der Waals surface area contributed by atoms with Gasteiger partial charge in [-0.05, 0) is 63.7 Å². The highest BCUT2D eigenvalue weighted by molar-refractivity contribution is 6.23. The van der Waals surface area contributed by atoms with Gasteiger partial charge in [0, 0.05) is 0 Å². The van der Waals surface area contributed by atoms with E-state index in [1.807, 2.05) is 0 Å². The molecule has 2 N–H and O–H groups in total. The van der Waals surface area contributed by atoms with Crippen molar-refractivity contribution < 1.29 is 0 Å². The lowest BCUT2D eigenvalue weighted by Gasteiger charge is -2.14. The summed E-state index contributed by atoms with van der Waals surface area (Å²) in [5.41, 5.74) is 7.07. The van der Waals surface area contributed by atoms with Crippen LogP contribution >= 0.6 is 0 Å². The maximum absolute atomic E-state index is 5.56. The Bertz CT molecular complexity index is 954. The molecule has 0 bridgehead atoms. The summed E-state index contributed by atoms with van der Waals surface area (Å²) in [4.78, 5) is 0. The first kappa shape index (κ1) is 16.4. The molecule has 128 valence electrons. The Hall–Kier alpha value is -2.12. The van der Waals surface area contributed by atoms with Gasteiger partial charge in [0.2, 0.25) is 0 Å². The van der Waals surface area contributed by atoms with Gasteiger partial charge in [-0.25, -0.2) is 0 Å². The smallest absolute Gasteiger partial charge is 0.00240 e. The zero-order valence-electron chi connectivity index (χ0n) is 14.9. The molecule has 1 heteroatoms.